The van der Waals surface area contributed by atoms with Crippen molar-refractivity contribution in [1.82, 2.24) is 10.2 Å². The second-order valence-corrected chi connectivity index (χ2v) is 5.99. The maximum atomic E-state index is 12.0. The van der Waals surface area contributed by atoms with E-state index in [0.717, 1.165) is 31.2 Å². The summed E-state index contributed by atoms with van der Waals surface area (Å²) in [5.74, 6) is 0.492. The van der Waals surface area contributed by atoms with Gasteiger partial charge in [0.05, 0.1) is 0 Å². The number of aromatic nitrogens is 2. The van der Waals surface area contributed by atoms with E-state index in [9.17, 15) is 4.79 Å². The molecule has 1 amide bonds. The molecule has 6 heteroatoms. The van der Waals surface area contributed by atoms with Crippen molar-refractivity contribution < 1.29 is 9.21 Å². The van der Waals surface area contributed by atoms with Crippen LogP contribution in [-0.2, 0) is 4.79 Å². The molecule has 0 unspecified atom stereocenters. The molecule has 1 fully saturated rings. The zero-order chi connectivity index (χ0) is 14.7. The second kappa shape index (κ2) is 6.30. The first-order valence-corrected chi connectivity index (χ1v) is 8.27. The van der Waals surface area contributed by atoms with Crippen LogP contribution in [0.3, 0.4) is 0 Å². The molecule has 0 bridgehead atoms. The molecular weight excluding hydrogens is 286 g/mol. The summed E-state index contributed by atoms with van der Waals surface area (Å²) in [4.78, 5) is 13.2. The Morgan fingerprint density at radius 2 is 1.95 bits per heavy atom. The number of hydrogen-bond acceptors (Lipinski definition) is 5. The Kier molecular flexibility index (Phi) is 4.24. The van der Waals surface area contributed by atoms with Crippen molar-refractivity contribution in [3.05, 3.63) is 24.3 Å². The van der Waals surface area contributed by atoms with Gasteiger partial charge in [0.2, 0.25) is 11.8 Å². The molecule has 1 aromatic heterocycles. The number of nitrogens with zero attached hydrogens (tertiary/aromatic N) is 2. The van der Waals surface area contributed by atoms with Gasteiger partial charge < -0.3 is 4.42 Å². The number of benzene rings is 1. The highest BCUT2D eigenvalue weighted by molar-refractivity contribution is 7.98. The third-order valence-electron chi connectivity index (χ3n) is 3.72. The number of rotatable bonds is 4. The number of anilines is 1. The van der Waals surface area contributed by atoms with Gasteiger partial charge in [0.15, 0.2) is 0 Å². The van der Waals surface area contributed by atoms with Gasteiger partial charge in [0, 0.05) is 16.4 Å². The molecule has 0 aliphatic heterocycles. The highest BCUT2D eigenvalue weighted by atomic mass is 32.2. The van der Waals surface area contributed by atoms with E-state index in [-0.39, 0.29) is 17.8 Å². The first-order chi connectivity index (χ1) is 10.3. The molecule has 2 aromatic rings. The van der Waals surface area contributed by atoms with Gasteiger partial charge >= 0.3 is 6.01 Å². The van der Waals surface area contributed by atoms with E-state index in [1.54, 1.807) is 11.8 Å². The topological polar surface area (TPSA) is 68.0 Å². The summed E-state index contributed by atoms with van der Waals surface area (Å²) in [5, 5.41) is 10.6. The van der Waals surface area contributed by atoms with E-state index in [4.69, 9.17) is 4.42 Å². The van der Waals surface area contributed by atoms with Crippen LogP contribution in [0.4, 0.5) is 6.01 Å². The SMILES string of the molecule is CSc1ccc(-c2nnc(NC(=O)C3CCCC3)o2)cc1. The molecule has 1 aliphatic carbocycles. The Balaban J connectivity index is 1.68. The summed E-state index contributed by atoms with van der Waals surface area (Å²) in [5.41, 5.74) is 0.849. The molecule has 0 spiro atoms. The third kappa shape index (κ3) is 3.26. The molecule has 1 heterocycles. The van der Waals surface area contributed by atoms with Crippen molar-refractivity contribution in [2.24, 2.45) is 5.92 Å². The summed E-state index contributed by atoms with van der Waals surface area (Å²) in [7, 11) is 0. The van der Waals surface area contributed by atoms with Crippen molar-refractivity contribution >= 4 is 23.7 Å². The molecule has 110 valence electrons. The molecule has 3 rings (SSSR count). The lowest BCUT2D eigenvalue weighted by molar-refractivity contribution is -0.119. The van der Waals surface area contributed by atoms with Gasteiger partial charge in [-0.25, -0.2) is 0 Å². The number of amides is 1. The van der Waals surface area contributed by atoms with Gasteiger partial charge in [-0.1, -0.05) is 17.9 Å². The maximum Gasteiger partial charge on any atom is 0.322 e. The number of thioether (sulfide) groups is 1. The molecule has 1 aromatic carbocycles. The zero-order valence-corrected chi connectivity index (χ0v) is 12.7. The molecule has 0 saturated heterocycles. The quantitative estimate of drug-likeness (QED) is 0.874. The lowest BCUT2D eigenvalue weighted by Gasteiger charge is -2.06. The fourth-order valence-corrected chi connectivity index (χ4v) is 2.93. The predicted octanol–water partition coefficient (Wildman–Crippen LogP) is 3.59. The molecule has 1 N–H and O–H groups in total. The molecule has 0 radical (unpaired) electrons. The average Bonchev–Trinajstić information content (AvgIpc) is 3.19. The van der Waals surface area contributed by atoms with Gasteiger partial charge in [-0.3, -0.25) is 10.1 Å². The number of hydrogen-bond donors (Lipinski definition) is 1. The van der Waals surface area contributed by atoms with Crippen LogP contribution in [0.5, 0.6) is 0 Å². The van der Waals surface area contributed by atoms with Gasteiger partial charge in [0.25, 0.3) is 0 Å². The van der Waals surface area contributed by atoms with Crippen LogP contribution in [0.1, 0.15) is 25.7 Å². The van der Waals surface area contributed by atoms with Crippen LogP contribution in [0.25, 0.3) is 11.5 Å². The van der Waals surface area contributed by atoms with E-state index in [1.165, 1.54) is 4.90 Å². The Bertz CT molecular complexity index is 618. The third-order valence-corrected chi connectivity index (χ3v) is 4.46. The summed E-state index contributed by atoms with van der Waals surface area (Å²) in [6.07, 6.45) is 6.16. The molecule has 5 nitrogen and oxygen atoms in total. The Hall–Kier alpha value is -1.82. The largest absolute Gasteiger partial charge is 0.403 e. The molecule has 1 saturated carbocycles. The van der Waals surface area contributed by atoms with Crippen LogP contribution in [0.15, 0.2) is 33.6 Å². The highest BCUT2D eigenvalue weighted by Crippen LogP contribution is 2.27. The van der Waals surface area contributed by atoms with Gasteiger partial charge in [-0.05, 0) is 43.4 Å². The summed E-state index contributed by atoms with van der Waals surface area (Å²) in [6, 6.07) is 8.04. The lowest BCUT2D eigenvalue weighted by atomic mass is 10.1. The zero-order valence-electron chi connectivity index (χ0n) is 11.8. The normalized spacial score (nSPS) is 15.3. The van der Waals surface area contributed by atoms with Crippen LogP contribution < -0.4 is 5.32 Å². The van der Waals surface area contributed by atoms with E-state index in [1.807, 2.05) is 30.5 Å². The number of carbonyl (C=O) groups is 1. The van der Waals surface area contributed by atoms with Crippen LogP contribution in [0, 0.1) is 5.92 Å². The van der Waals surface area contributed by atoms with Crippen molar-refractivity contribution in [3.8, 4) is 11.5 Å². The van der Waals surface area contributed by atoms with E-state index >= 15 is 0 Å². The smallest absolute Gasteiger partial charge is 0.322 e. The number of nitrogens with one attached hydrogen (secondary N) is 1. The Labute approximate surface area is 127 Å². The lowest BCUT2D eigenvalue weighted by Crippen LogP contribution is -2.20. The van der Waals surface area contributed by atoms with Crippen LogP contribution >= 0.6 is 11.8 Å². The highest BCUT2D eigenvalue weighted by Gasteiger charge is 2.24. The summed E-state index contributed by atoms with van der Waals surface area (Å²) < 4.78 is 5.51. The Morgan fingerprint density at radius 3 is 2.62 bits per heavy atom. The van der Waals surface area contributed by atoms with Crippen molar-refractivity contribution in [1.29, 1.82) is 0 Å². The van der Waals surface area contributed by atoms with E-state index in [2.05, 4.69) is 15.5 Å². The standard InChI is InChI=1S/C15H17N3O2S/c1-21-12-8-6-11(7-9-12)14-17-18-15(20-14)16-13(19)10-4-2-3-5-10/h6-10H,2-5H2,1H3,(H,16,18,19). The predicted molar refractivity (Wildman–Crippen MR) is 82.1 cm³/mol. The van der Waals surface area contributed by atoms with Crippen molar-refractivity contribution in [2.45, 2.75) is 30.6 Å². The number of carbonyl (C=O) groups excluding carboxylic acids is 1. The summed E-state index contributed by atoms with van der Waals surface area (Å²) in [6.45, 7) is 0. The van der Waals surface area contributed by atoms with Gasteiger partial charge in [0.1, 0.15) is 0 Å². The Morgan fingerprint density at radius 1 is 1.24 bits per heavy atom. The minimum atomic E-state index is -0.0135. The van der Waals surface area contributed by atoms with Crippen molar-refractivity contribution in [2.75, 3.05) is 11.6 Å². The first kappa shape index (κ1) is 14.1. The average molecular weight is 303 g/mol. The fraction of sp³-hybridized carbons (Fsp3) is 0.400. The second-order valence-electron chi connectivity index (χ2n) is 5.11. The van der Waals surface area contributed by atoms with Gasteiger partial charge in [-0.2, -0.15) is 0 Å². The van der Waals surface area contributed by atoms with Crippen LogP contribution in [0.2, 0.25) is 0 Å². The van der Waals surface area contributed by atoms with E-state index in [0.29, 0.717) is 5.89 Å². The van der Waals surface area contributed by atoms with Gasteiger partial charge in [-0.15, -0.1) is 16.9 Å². The fourth-order valence-electron chi connectivity index (χ4n) is 2.52. The monoisotopic (exact) mass is 303 g/mol. The molecule has 21 heavy (non-hydrogen) atoms. The first-order valence-electron chi connectivity index (χ1n) is 7.05. The maximum absolute atomic E-state index is 12.0. The van der Waals surface area contributed by atoms with Crippen molar-refractivity contribution in [3.63, 3.8) is 0 Å². The minimum Gasteiger partial charge on any atom is -0.403 e. The minimum absolute atomic E-state index is 0.0135. The molecule has 1 aliphatic rings. The molecular formula is C15H17N3O2S. The summed E-state index contributed by atoms with van der Waals surface area (Å²) >= 11 is 1.68. The molecule has 0 atom stereocenters. The van der Waals surface area contributed by atoms with E-state index < -0.39 is 0 Å². The van der Waals surface area contributed by atoms with Crippen LogP contribution in [-0.4, -0.2) is 22.4 Å².